The van der Waals surface area contributed by atoms with Crippen molar-refractivity contribution in [1.29, 1.82) is 0 Å². The van der Waals surface area contributed by atoms with Crippen molar-refractivity contribution in [2.45, 2.75) is 30.7 Å². The largest absolute Gasteiger partial charge is 0.478 e. The molecule has 1 aliphatic heterocycles. The van der Waals surface area contributed by atoms with E-state index in [9.17, 15) is 25.2 Å². The Labute approximate surface area is 154 Å². The third-order valence-corrected chi connectivity index (χ3v) is 4.42. The summed E-state index contributed by atoms with van der Waals surface area (Å²) in [5.74, 6) is -0.711. The molecule has 0 aliphatic carbocycles. The van der Waals surface area contributed by atoms with Gasteiger partial charge in [-0.3, -0.25) is 0 Å². The van der Waals surface area contributed by atoms with Gasteiger partial charge in [-0.25, -0.2) is 4.79 Å². The maximum absolute atomic E-state index is 11.0. The van der Waals surface area contributed by atoms with Crippen LogP contribution in [0, 0.1) is 0 Å². The molecule has 5 N–H and O–H groups in total. The Morgan fingerprint density at radius 1 is 0.963 bits per heavy atom. The Hall–Kier alpha value is -2.49. The van der Waals surface area contributed by atoms with Crippen LogP contribution in [0.5, 0.6) is 5.75 Å². The quantitative estimate of drug-likeness (QED) is 0.500. The summed E-state index contributed by atoms with van der Waals surface area (Å²) in [4.78, 5) is 11.0. The van der Waals surface area contributed by atoms with E-state index in [-0.39, 0.29) is 5.56 Å². The fourth-order valence-corrected chi connectivity index (χ4v) is 2.89. The first-order valence-electron chi connectivity index (χ1n) is 8.32. The van der Waals surface area contributed by atoms with Crippen LogP contribution in [0.15, 0.2) is 48.5 Å². The van der Waals surface area contributed by atoms with Crippen LogP contribution in [0.4, 0.5) is 0 Å². The van der Waals surface area contributed by atoms with Crippen LogP contribution in [-0.4, -0.2) is 68.8 Å². The van der Waals surface area contributed by atoms with E-state index in [0.29, 0.717) is 16.9 Å². The Bertz CT molecular complexity index is 789. The molecule has 0 unspecified atom stereocenters. The number of hydrogen-bond donors (Lipinski definition) is 5. The van der Waals surface area contributed by atoms with E-state index >= 15 is 0 Å². The third kappa shape index (κ3) is 3.95. The monoisotopic (exact) mass is 376 g/mol. The number of carboxylic acids is 1. The Balaban J connectivity index is 1.87. The lowest BCUT2D eigenvalue weighted by molar-refractivity contribution is -0.277. The second kappa shape index (κ2) is 8.03. The van der Waals surface area contributed by atoms with Crippen LogP contribution in [0.2, 0.25) is 0 Å². The SMILES string of the molecule is O=C(O)c1ccc(-c2ccccc2O[C@H]2O[C@H](CO)[C@@H](O)[C@H](O)[C@@H]2O)cc1. The van der Waals surface area contributed by atoms with Gasteiger partial charge in [0.25, 0.3) is 0 Å². The van der Waals surface area contributed by atoms with E-state index < -0.39 is 43.3 Å². The van der Waals surface area contributed by atoms with Gasteiger partial charge in [-0.2, -0.15) is 0 Å². The first-order valence-corrected chi connectivity index (χ1v) is 8.32. The molecule has 0 bridgehead atoms. The fourth-order valence-electron chi connectivity index (χ4n) is 2.89. The molecule has 0 spiro atoms. The summed E-state index contributed by atoms with van der Waals surface area (Å²) in [6.45, 7) is -0.552. The average Bonchev–Trinajstić information content (AvgIpc) is 2.69. The molecule has 8 heteroatoms. The molecule has 144 valence electrons. The molecule has 1 fully saturated rings. The zero-order valence-corrected chi connectivity index (χ0v) is 14.2. The first-order chi connectivity index (χ1) is 12.9. The van der Waals surface area contributed by atoms with Crippen molar-refractivity contribution in [3.8, 4) is 16.9 Å². The lowest BCUT2D eigenvalue weighted by atomic mass is 9.99. The van der Waals surface area contributed by atoms with Crippen LogP contribution < -0.4 is 4.74 Å². The summed E-state index contributed by atoms with van der Waals surface area (Å²) in [7, 11) is 0. The lowest BCUT2D eigenvalue weighted by Gasteiger charge is -2.39. The molecule has 2 aromatic rings. The number of aliphatic hydroxyl groups is 4. The average molecular weight is 376 g/mol. The fraction of sp³-hybridized carbons (Fsp3) is 0.316. The van der Waals surface area contributed by atoms with Gasteiger partial charge in [0.05, 0.1) is 12.2 Å². The van der Waals surface area contributed by atoms with Crippen molar-refractivity contribution in [3.05, 3.63) is 54.1 Å². The van der Waals surface area contributed by atoms with E-state index in [1.807, 2.05) is 0 Å². The van der Waals surface area contributed by atoms with Crippen LogP contribution in [0.1, 0.15) is 10.4 Å². The maximum Gasteiger partial charge on any atom is 0.335 e. The number of carboxylic acid groups (broad SMARTS) is 1. The highest BCUT2D eigenvalue weighted by atomic mass is 16.7. The van der Waals surface area contributed by atoms with Gasteiger partial charge < -0.3 is 35.0 Å². The zero-order chi connectivity index (χ0) is 19.6. The predicted octanol–water partition coefficient (Wildman–Crippen LogP) is 0.230. The highest BCUT2D eigenvalue weighted by Crippen LogP contribution is 2.33. The Morgan fingerprint density at radius 3 is 2.26 bits per heavy atom. The number of hydrogen-bond acceptors (Lipinski definition) is 7. The lowest BCUT2D eigenvalue weighted by Crippen LogP contribution is -2.60. The molecule has 1 aliphatic rings. The third-order valence-electron chi connectivity index (χ3n) is 4.42. The summed E-state index contributed by atoms with van der Waals surface area (Å²) in [6, 6.07) is 13.0. The van der Waals surface area contributed by atoms with Gasteiger partial charge in [0.15, 0.2) is 0 Å². The molecule has 3 rings (SSSR count). The number of carbonyl (C=O) groups is 1. The molecule has 1 saturated heterocycles. The van der Waals surface area contributed by atoms with Gasteiger partial charge in [0.2, 0.25) is 6.29 Å². The maximum atomic E-state index is 11.0. The number of rotatable bonds is 5. The van der Waals surface area contributed by atoms with Gasteiger partial charge in [-0.1, -0.05) is 30.3 Å². The molecule has 0 saturated carbocycles. The molecule has 0 amide bonds. The molecule has 8 nitrogen and oxygen atoms in total. The standard InChI is InChI=1S/C19H20O8/c20-9-14-15(21)16(22)17(23)19(27-14)26-13-4-2-1-3-12(13)10-5-7-11(8-6-10)18(24)25/h1-8,14-17,19-23H,9H2,(H,24,25)/t14-,15-,16+,17+,19+/m1/s1. The summed E-state index contributed by atoms with van der Waals surface area (Å²) < 4.78 is 11.1. The smallest absolute Gasteiger partial charge is 0.335 e. The summed E-state index contributed by atoms with van der Waals surface area (Å²) in [5, 5.41) is 48.1. The minimum atomic E-state index is -1.54. The van der Waals surface area contributed by atoms with Crippen LogP contribution in [0.25, 0.3) is 11.1 Å². The number of ether oxygens (including phenoxy) is 2. The summed E-state index contributed by atoms with van der Waals surface area (Å²) in [5.41, 5.74) is 1.44. The Kier molecular flexibility index (Phi) is 5.73. The molecule has 1 heterocycles. The number of benzene rings is 2. The molecule has 2 aromatic carbocycles. The van der Waals surface area contributed by atoms with Gasteiger partial charge in [0, 0.05) is 5.56 Å². The van der Waals surface area contributed by atoms with E-state index in [2.05, 4.69) is 0 Å². The van der Waals surface area contributed by atoms with Crippen LogP contribution in [0.3, 0.4) is 0 Å². The summed E-state index contributed by atoms with van der Waals surface area (Å²) >= 11 is 0. The molecular weight excluding hydrogens is 356 g/mol. The normalized spacial score (nSPS) is 27.9. The number of para-hydroxylation sites is 1. The van der Waals surface area contributed by atoms with Crippen molar-refractivity contribution < 1.29 is 39.8 Å². The molecule has 27 heavy (non-hydrogen) atoms. The van der Waals surface area contributed by atoms with Crippen LogP contribution in [-0.2, 0) is 4.74 Å². The second-order valence-corrected chi connectivity index (χ2v) is 6.19. The molecule has 0 radical (unpaired) electrons. The van der Waals surface area contributed by atoms with Crippen molar-refractivity contribution in [2.24, 2.45) is 0 Å². The minimum absolute atomic E-state index is 0.145. The van der Waals surface area contributed by atoms with Gasteiger partial charge in [-0.15, -0.1) is 0 Å². The molecular formula is C19H20O8. The van der Waals surface area contributed by atoms with E-state index in [0.717, 1.165) is 0 Å². The van der Waals surface area contributed by atoms with Gasteiger partial charge in [-0.05, 0) is 23.8 Å². The number of aromatic carboxylic acids is 1. The van der Waals surface area contributed by atoms with Crippen molar-refractivity contribution in [2.75, 3.05) is 6.61 Å². The van der Waals surface area contributed by atoms with Gasteiger partial charge in [0.1, 0.15) is 30.2 Å². The van der Waals surface area contributed by atoms with Crippen molar-refractivity contribution in [3.63, 3.8) is 0 Å². The van der Waals surface area contributed by atoms with E-state index in [4.69, 9.17) is 14.6 Å². The molecule has 5 atom stereocenters. The van der Waals surface area contributed by atoms with Crippen LogP contribution >= 0.6 is 0 Å². The predicted molar refractivity (Wildman–Crippen MR) is 93.2 cm³/mol. The summed E-state index contributed by atoms with van der Waals surface area (Å²) in [6.07, 6.45) is -6.91. The van der Waals surface area contributed by atoms with Gasteiger partial charge >= 0.3 is 5.97 Å². The van der Waals surface area contributed by atoms with E-state index in [1.54, 1.807) is 36.4 Å². The zero-order valence-electron chi connectivity index (χ0n) is 14.2. The second-order valence-electron chi connectivity index (χ2n) is 6.19. The first kappa shape index (κ1) is 19.3. The molecule has 0 aromatic heterocycles. The van der Waals surface area contributed by atoms with Crippen molar-refractivity contribution in [1.82, 2.24) is 0 Å². The highest BCUT2D eigenvalue weighted by molar-refractivity contribution is 5.88. The number of aliphatic hydroxyl groups excluding tert-OH is 4. The Morgan fingerprint density at radius 2 is 1.63 bits per heavy atom. The van der Waals surface area contributed by atoms with E-state index in [1.165, 1.54) is 12.1 Å². The topological polar surface area (TPSA) is 137 Å². The minimum Gasteiger partial charge on any atom is -0.478 e. The van der Waals surface area contributed by atoms with Crippen molar-refractivity contribution >= 4 is 5.97 Å². The highest BCUT2D eigenvalue weighted by Gasteiger charge is 2.44.